The van der Waals surface area contributed by atoms with E-state index in [1.54, 1.807) is 32.0 Å². The number of hydrogen-bond acceptors (Lipinski definition) is 7. The fourth-order valence-electron chi connectivity index (χ4n) is 2.94. The number of esters is 1. The number of fused-ring (bicyclic) bond motifs is 1. The summed E-state index contributed by atoms with van der Waals surface area (Å²) in [5.74, 6) is -1.19. The number of nitrogens with zero attached hydrogens (tertiary/aromatic N) is 3. The second kappa shape index (κ2) is 8.18. The highest BCUT2D eigenvalue weighted by Crippen LogP contribution is 2.37. The van der Waals surface area contributed by atoms with E-state index in [0.29, 0.717) is 37.8 Å². The van der Waals surface area contributed by atoms with Gasteiger partial charge in [-0.2, -0.15) is 4.68 Å². The van der Waals surface area contributed by atoms with Crippen molar-refractivity contribution in [3.05, 3.63) is 50.0 Å². The number of aryl methyl sites for hydroxylation is 1. The second-order valence-corrected chi connectivity index (χ2v) is 7.64. The molecule has 0 aliphatic rings. The highest BCUT2D eigenvalue weighted by atomic mass is 35.5. The number of halogens is 1. The molecule has 0 spiro atoms. The van der Waals surface area contributed by atoms with Crippen LogP contribution >= 0.6 is 22.9 Å². The molecule has 1 atom stereocenters. The van der Waals surface area contributed by atoms with Gasteiger partial charge in [-0.1, -0.05) is 18.5 Å². The normalized spacial score (nSPS) is 12.0. The van der Waals surface area contributed by atoms with E-state index >= 15 is 0 Å². The van der Waals surface area contributed by atoms with Gasteiger partial charge in [-0.25, -0.2) is 4.79 Å². The van der Waals surface area contributed by atoms with E-state index in [0.717, 1.165) is 0 Å². The number of ether oxygens (including phenoxy) is 1. The lowest BCUT2D eigenvalue weighted by atomic mass is 10.2. The summed E-state index contributed by atoms with van der Waals surface area (Å²) in [5, 5.41) is 18.7. The minimum atomic E-state index is -0.711. The van der Waals surface area contributed by atoms with E-state index in [9.17, 15) is 19.7 Å². The number of anilines is 1. The smallest absolute Gasteiger partial charge is 0.390 e. The minimum Gasteiger partial charge on any atom is -0.465 e. The summed E-state index contributed by atoms with van der Waals surface area (Å²) >= 11 is 7.41. The summed E-state index contributed by atoms with van der Waals surface area (Å²) in [5.41, 5.74) is 1.02. The molecule has 3 aromatic rings. The Morgan fingerprint density at radius 1 is 1.41 bits per heavy atom. The number of hydrogen-bond donors (Lipinski definition) is 1. The molecule has 0 fully saturated rings. The third-order valence-corrected chi connectivity index (χ3v) is 5.99. The lowest BCUT2D eigenvalue weighted by Crippen LogP contribution is -2.27. The summed E-state index contributed by atoms with van der Waals surface area (Å²) in [6.07, 6.45) is 0.394. The van der Waals surface area contributed by atoms with Crippen LogP contribution in [0.5, 0.6) is 0 Å². The molecule has 2 aromatic heterocycles. The Morgan fingerprint density at radius 2 is 2.14 bits per heavy atom. The van der Waals surface area contributed by atoms with E-state index in [1.165, 1.54) is 29.2 Å². The predicted molar refractivity (Wildman–Crippen MR) is 110 cm³/mol. The first-order chi connectivity index (χ1) is 13.8. The van der Waals surface area contributed by atoms with Gasteiger partial charge in [-0.3, -0.25) is 4.79 Å². The lowest BCUT2D eigenvalue weighted by Gasteiger charge is -2.14. The van der Waals surface area contributed by atoms with Gasteiger partial charge in [0.05, 0.1) is 29.0 Å². The Morgan fingerprint density at radius 3 is 2.72 bits per heavy atom. The number of thiophene rings is 1. The minimum absolute atomic E-state index is 0.290. The van der Waals surface area contributed by atoms with Gasteiger partial charge in [-0.15, -0.1) is 11.3 Å². The van der Waals surface area contributed by atoms with Crippen molar-refractivity contribution < 1.29 is 19.2 Å². The summed E-state index contributed by atoms with van der Waals surface area (Å²) in [6.45, 7) is 3.45. The number of benzene rings is 1. The number of amides is 1. The van der Waals surface area contributed by atoms with Crippen LogP contribution in [0, 0.1) is 17.0 Å². The van der Waals surface area contributed by atoms with Crippen LogP contribution < -0.4 is 5.32 Å². The molecule has 2 heterocycles. The summed E-state index contributed by atoms with van der Waals surface area (Å²) in [6, 6.07) is 5.70. The molecular formula is C18H17ClN4O5S. The third-order valence-electron chi connectivity index (χ3n) is 4.35. The molecule has 152 valence electrons. The monoisotopic (exact) mass is 436 g/mol. The number of methoxy groups -OCH3 is 1. The predicted octanol–water partition coefficient (Wildman–Crippen LogP) is 4.34. The van der Waals surface area contributed by atoms with Gasteiger partial charge in [0.25, 0.3) is 5.91 Å². The quantitative estimate of drug-likeness (QED) is 0.349. The molecule has 1 amide bonds. The first-order valence-electron chi connectivity index (χ1n) is 8.58. The van der Waals surface area contributed by atoms with Crippen molar-refractivity contribution in [2.24, 2.45) is 0 Å². The number of nitro groups is 1. The highest BCUT2D eigenvalue weighted by molar-refractivity contribution is 7.21. The second-order valence-electron chi connectivity index (χ2n) is 6.21. The molecule has 1 N–H and O–H groups in total. The first-order valence-corrected chi connectivity index (χ1v) is 9.78. The van der Waals surface area contributed by atoms with Crippen LogP contribution in [-0.4, -0.2) is 33.7 Å². The maximum Gasteiger partial charge on any atom is 0.390 e. The standard InChI is InChI=1S/C18H17ClN4O5S/c1-4-12(22-9(2)7-14(21-22)23(26)27)17(24)20-10-5-6-11-13(8-10)29-16(15(11)19)18(25)28-3/h5-8,12H,4H2,1-3H3,(H,20,24). The van der Waals surface area contributed by atoms with Crippen LogP contribution in [0.25, 0.3) is 10.1 Å². The summed E-state index contributed by atoms with van der Waals surface area (Å²) in [4.78, 5) is 35.3. The molecule has 3 rings (SSSR count). The maximum atomic E-state index is 12.8. The van der Waals surface area contributed by atoms with E-state index < -0.39 is 16.9 Å². The largest absolute Gasteiger partial charge is 0.465 e. The number of rotatable bonds is 6. The molecule has 0 aliphatic heterocycles. The fourth-order valence-corrected chi connectivity index (χ4v) is 4.40. The van der Waals surface area contributed by atoms with Crippen LogP contribution in [0.3, 0.4) is 0 Å². The third kappa shape index (κ3) is 3.94. The number of aromatic nitrogens is 2. The molecular weight excluding hydrogens is 420 g/mol. The first kappa shape index (κ1) is 20.7. The van der Waals surface area contributed by atoms with Crippen LogP contribution in [0.15, 0.2) is 24.3 Å². The van der Waals surface area contributed by atoms with Gasteiger partial charge in [0.2, 0.25) is 0 Å². The van der Waals surface area contributed by atoms with E-state index in [1.807, 2.05) is 0 Å². The van der Waals surface area contributed by atoms with Crippen LogP contribution in [0.2, 0.25) is 5.02 Å². The van der Waals surface area contributed by atoms with Crippen molar-refractivity contribution in [3.63, 3.8) is 0 Å². The maximum absolute atomic E-state index is 12.8. The SMILES string of the molecule is CCC(C(=O)Nc1ccc2c(Cl)c(C(=O)OC)sc2c1)n1nc([N+](=O)[O-])cc1C. The Labute approximate surface area is 174 Å². The molecule has 0 radical (unpaired) electrons. The van der Waals surface area contributed by atoms with Gasteiger partial charge in [-0.05, 0) is 36.5 Å². The molecule has 0 bridgehead atoms. The van der Waals surface area contributed by atoms with Crippen molar-refractivity contribution in [2.75, 3.05) is 12.4 Å². The molecule has 0 aliphatic carbocycles. The molecule has 1 unspecified atom stereocenters. The van der Waals surface area contributed by atoms with Gasteiger partial charge >= 0.3 is 11.8 Å². The van der Waals surface area contributed by atoms with Crippen molar-refractivity contribution in [1.29, 1.82) is 0 Å². The zero-order valence-electron chi connectivity index (χ0n) is 15.8. The van der Waals surface area contributed by atoms with Crippen molar-refractivity contribution >= 4 is 56.4 Å². The van der Waals surface area contributed by atoms with Crippen LogP contribution in [0.4, 0.5) is 11.5 Å². The topological polar surface area (TPSA) is 116 Å². The molecule has 29 heavy (non-hydrogen) atoms. The lowest BCUT2D eigenvalue weighted by molar-refractivity contribution is -0.389. The zero-order valence-corrected chi connectivity index (χ0v) is 17.3. The van der Waals surface area contributed by atoms with Crippen LogP contribution in [0.1, 0.15) is 34.8 Å². The Hall–Kier alpha value is -2.98. The Kier molecular flexibility index (Phi) is 5.85. The Balaban J connectivity index is 1.88. The van der Waals surface area contributed by atoms with E-state index in [2.05, 4.69) is 10.4 Å². The average Bonchev–Trinajstić information content (AvgIpc) is 3.22. The van der Waals surface area contributed by atoms with Gasteiger partial charge in [0, 0.05) is 15.8 Å². The molecule has 1 aromatic carbocycles. The Bertz CT molecular complexity index is 1120. The van der Waals surface area contributed by atoms with Gasteiger partial charge < -0.3 is 20.2 Å². The van der Waals surface area contributed by atoms with E-state index in [-0.39, 0.29) is 11.7 Å². The van der Waals surface area contributed by atoms with Crippen LogP contribution in [-0.2, 0) is 9.53 Å². The number of carbonyl (C=O) groups is 2. The molecule has 9 nitrogen and oxygen atoms in total. The van der Waals surface area contributed by atoms with Crippen molar-refractivity contribution in [2.45, 2.75) is 26.3 Å². The number of nitrogens with one attached hydrogen (secondary N) is 1. The molecule has 0 saturated carbocycles. The highest BCUT2D eigenvalue weighted by Gasteiger charge is 2.27. The van der Waals surface area contributed by atoms with Gasteiger partial charge in [0.1, 0.15) is 4.88 Å². The van der Waals surface area contributed by atoms with E-state index in [4.69, 9.17) is 16.3 Å². The summed E-state index contributed by atoms with van der Waals surface area (Å²) in [7, 11) is 1.28. The van der Waals surface area contributed by atoms with Gasteiger partial charge in [0.15, 0.2) is 6.04 Å². The molecule has 11 heteroatoms. The number of carbonyl (C=O) groups excluding carboxylic acids is 2. The fraction of sp³-hybridized carbons (Fsp3) is 0.278. The average molecular weight is 437 g/mol. The molecule has 0 saturated heterocycles. The zero-order chi connectivity index (χ0) is 21.3. The van der Waals surface area contributed by atoms with Crippen molar-refractivity contribution in [1.82, 2.24) is 9.78 Å². The van der Waals surface area contributed by atoms with Crippen molar-refractivity contribution in [3.8, 4) is 0 Å². The summed E-state index contributed by atoms with van der Waals surface area (Å²) < 4.78 is 6.79.